The molecule has 0 bridgehead atoms. The summed E-state index contributed by atoms with van der Waals surface area (Å²) < 4.78 is 16.9. The average Bonchev–Trinajstić information content (AvgIpc) is 3.25. The number of unbranched alkanes of at least 4 members (excludes halogenated alkanes) is 36. The van der Waals surface area contributed by atoms with Crippen molar-refractivity contribution in [1.82, 2.24) is 0 Å². The van der Waals surface area contributed by atoms with E-state index in [1.807, 2.05) is 0 Å². The Balaban J connectivity index is 4.30. The van der Waals surface area contributed by atoms with Crippen LogP contribution in [0.5, 0.6) is 0 Å². The zero-order chi connectivity index (χ0) is 46.1. The van der Waals surface area contributed by atoms with Crippen LogP contribution in [0, 0.1) is 11.8 Å². The first-order valence-electron chi connectivity index (χ1n) is 28.2. The molecule has 0 fully saturated rings. The monoisotopic (exact) mass is 891 g/mol. The third-order valence-electron chi connectivity index (χ3n) is 13.0. The van der Waals surface area contributed by atoms with Crippen LogP contribution in [0.25, 0.3) is 0 Å². The third kappa shape index (κ3) is 51.3. The summed E-state index contributed by atoms with van der Waals surface area (Å²) in [6.07, 6.45) is 52.3. The topological polar surface area (TPSA) is 78.9 Å². The molecule has 0 aromatic heterocycles. The molecule has 6 nitrogen and oxygen atoms in total. The van der Waals surface area contributed by atoms with Gasteiger partial charge in [0.05, 0.1) is 0 Å². The van der Waals surface area contributed by atoms with E-state index in [0.29, 0.717) is 19.3 Å². The zero-order valence-electron chi connectivity index (χ0n) is 43.2. The Bertz CT molecular complexity index is 962. The van der Waals surface area contributed by atoms with Crippen LogP contribution in [0.1, 0.15) is 317 Å². The SMILES string of the molecule is CCCCCCCCCCCCCCCCC(=O)OC[C@@H](COC(=O)CCCCCCCCCCCCCCCCC(C)C)OC(=O)CCCCCCCCCCCCCC(C)C. The number of hydrogen-bond acceptors (Lipinski definition) is 6. The van der Waals surface area contributed by atoms with Crippen LogP contribution < -0.4 is 0 Å². The summed E-state index contributed by atoms with van der Waals surface area (Å²) in [6.45, 7) is 11.4. The lowest BCUT2D eigenvalue weighted by Crippen LogP contribution is -2.30. The Hall–Kier alpha value is -1.59. The first kappa shape index (κ1) is 61.4. The van der Waals surface area contributed by atoms with E-state index in [1.165, 1.54) is 205 Å². The molecule has 0 aromatic rings. The number of carbonyl (C=O) groups is 3. The van der Waals surface area contributed by atoms with E-state index >= 15 is 0 Å². The molecule has 0 heterocycles. The highest BCUT2D eigenvalue weighted by atomic mass is 16.6. The number of esters is 3. The number of hydrogen-bond donors (Lipinski definition) is 0. The zero-order valence-corrected chi connectivity index (χ0v) is 43.2. The molecule has 0 unspecified atom stereocenters. The predicted molar refractivity (Wildman–Crippen MR) is 270 cm³/mol. The first-order valence-corrected chi connectivity index (χ1v) is 28.2. The summed E-state index contributed by atoms with van der Waals surface area (Å²) in [5, 5.41) is 0. The Kier molecular flexibility index (Phi) is 48.6. The van der Waals surface area contributed by atoms with Gasteiger partial charge in [-0.3, -0.25) is 14.4 Å². The van der Waals surface area contributed by atoms with Crippen LogP contribution in [0.4, 0.5) is 0 Å². The molecule has 0 radical (unpaired) electrons. The second-order valence-corrected chi connectivity index (χ2v) is 20.5. The van der Waals surface area contributed by atoms with E-state index in [2.05, 4.69) is 34.6 Å². The van der Waals surface area contributed by atoms with Gasteiger partial charge in [-0.1, -0.05) is 279 Å². The van der Waals surface area contributed by atoms with Gasteiger partial charge < -0.3 is 14.2 Å². The van der Waals surface area contributed by atoms with E-state index in [1.54, 1.807) is 0 Å². The molecule has 374 valence electrons. The van der Waals surface area contributed by atoms with Crippen molar-refractivity contribution in [3.8, 4) is 0 Å². The molecule has 6 heteroatoms. The van der Waals surface area contributed by atoms with Gasteiger partial charge in [-0.05, 0) is 31.1 Å². The average molecular weight is 892 g/mol. The van der Waals surface area contributed by atoms with Gasteiger partial charge >= 0.3 is 17.9 Å². The maximum Gasteiger partial charge on any atom is 0.306 e. The molecule has 0 rings (SSSR count). The second kappa shape index (κ2) is 49.8. The van der Waals surface area contributed by atoms with Crippen molar-refractivity contribution in [3.05, 3.63) is 0 Å². The van der Waals surface area contributed by atoms with Gasteiger partial charge in [-0.15, -0.1) is 0 Å². The van der Waals surface area contributed by atoms with Crippen molar-refractivity contribution in [2.24, 2.45) is 11.8 Å². The summed E-state index contributed by atoms with van der Waals surface area (Å²) in [5.74, 6) is 0.829. The van der Waals surface area contributed by atoms with Gasteiger partial charge in [0.1, 0.15) is 13.2 Å². The molecule has 0 N–H and O–H groups in total. The van der Waals surface area contributed by atoms with Crippen molar-refractivity contribution in [2.45, 2.75) is 323 Å². The van der Waals surface area contributed by atoms with E-state index in [9.17, 15) is 14.4 Å². The molecule has 0 aliphatic rings. The second-order valence-electron chi connectivity index (χ2n) is 20.5. The highest BCUT2D eigenvalue weighted by molar-refractivity contribution is 5.71. The van der Waals surface area contributed by atoms with Crippen molar-refractivity contribution >= 4 is 17.9 Å². The summed E-state index contributed by atoms with van der Waals surface area (Å²) >= 11 is 0. The Morgan fingerprint density at radius 1 is 0.302 bits per heavy atom. The van der Waals surface area contributed by atoms with E-state index < -0.39 is 6.10 Å². The van der Waals surface area contributed by atoms with Crippen LogP contribution >= 0.6 is 0 Å². The highest BCUT2D eigenvalue weighted by Crippen LogP contribution is 2.18. The fourth-order valence-electron chi connectivity index (χ4n) is 8.70. The molecule has 63 heavy (non-hydrogen) atoms. The quantitative estimate of drug-likeness (QED) is 0.0344. The van der Waals surface area contributed by atoms with Crippen molar-refractivity contribution in [3.63, 3.8) is 0 Å². The van der Waals surface area contributed by atoms with Gasteiger partial charge in [-0.2, -0.15) is 0 Å². The van der Waals surface area contributed by atoms with Crippen LogP contribution in [0.15, 0.2) is 0 Å². The Morgan fingerprint density at radius 3 is 0.778 bits per heavy atom. The fourth-order valence-corrected chi connectivity index (χ4v) is 8.70. The minimum Gasteiger partial charge on any atom is -0.462 e. The van der Waals surface area contributed by atoms with Crippen LogP contribution in [0.2, 0.25) is 0 Å². The van der Waals surface area contributed by atoms with Crippen molar-refractivity contribution < 1.29 is 28.6 Å². The molecule has 0 aromatic carbocycles. The molecular weight excluding hydrogens is 781 g/mol. The maximum absolute atomic E-state index is 12.8. The largest absolute Gasteiger partial charge is 0.462 e. The maximum atomic E-state index is 12.8. The first-order chi connectivity index (χ1) is 30.7. The van der Waals surface area contributed by atoms with Gasteiger partial charge in [0.25, 0.3) is 0 Å². The molecule has 0 aliphatic carbocycles. The van der Waals surface area contributed by atoms with Crippen LogP contribution in [-0.4, -0.2) is 37.2 Å². The molecule has 1 atom stereocenters. The van der Waals surface area contributed by atoms with E-state index in [-0.39, 0.29) is 31.1 Å². The third-order valence-corrected chi connectivity index (χ3v) is 13.0. The molecular formula is C57H110O6. The molecule has 0 saturated carbocycles. The lowest BCUT2D eigenvalue weighted by Gasteiger charge is -2.18. The molecule has 0 spiro atoms. The number of rotatable bonds is 51. The lowest BCUT2D eigenvalue weighted by atomic mass is 10.0. The summed E-state index contributed by atoms with van der Waals surface area (Å²) in [4.78, 5) is 38.1. The van der Waals surface area contributed by atoms with Crippen molar-refractivity contribution in [1.29, 1.82) is 0 Å². The smallest absolute Gasteiger partial charge is 0.306 e. The summed E-state index contributed by atoms with van der Waals surface area (Å²) in [7, 11) is 0. The van der Waals surface area contributed by atoms with Gasteiger partial charge in [0.15, 0.2) is 6.10 Å². The van der Waals surface area contributed by atoms with Crippen molar-refractivity contribution in [2.75, 3.05) is 13.2 Å². The fraction of sp³-hybridized carbons (Fsp3) is 0.947. The molecule has 0 amide bonds. The molecule has 0 aliphatic heterocycles. The number of carbonyl (C=O) groups excluding carboxylic acids is 3. The summed E-state index contributed by atoms with van der Waals surface area (Å²) in [6, 6.07) is 0. The van der Waals surface area contributed by atoms with Crippen LogP contribution in [0.3, 0.4) is 0 Å². The standard InChI is InChI=1S/C57H110O6/c1-6-7-8-9-10-11-12-13-17-22-27-32-37-42-47-55(58)61-50-54(63-57(60)49-44-39-34-29-24-19-21-26-31-36-41-46-53(4)5)51-62-56(59)48-43-38-33-28-23-18-15-14-16-20-25-30-35-40-45-52(2)3/h52-54H,6-51H2,1-5H3/t54-/m0/s1. The van der Waals surface area contributed by atoms with Gasteiger partial charge in [0, 0.05) is 19.3 Å². The minimum absolute atomic E-state index is 0.0629. The van der Waals surface area contributed by atoms with Gasteiger partial charge in [-0.25, -0.2) is 0 Å². The van der Waals surface area contributed by atoms with E-state index in [4.69, 9.17) is 14.2 Å². The normalized spacial score (nSPS) is 12.0. The Morgan fingerprint density at radius 2 is 0.524 bits per heavy atom. The predicted octanol–water partition coefficient (Wildman–Crippen LogP) is 18.5. The molecule has 0 saturated heterocycles. The van der Waals surface area contributed by atoms with Crippen LogP contribution in [-0.2, 0) is 28.6 Å². The number of ether oxygens (including phenoxy) is 3. The minimum atomic E-state index is -0.762. The Labute approximate surface area is 393 Å². The summed E-state index contributed by atoms with van der Waals surface area (Å²) in [5.41, 5.74) is 0. The van der Waals surface area contributed by atoms with Gasteiger partial charge in [0.2, 0.25) is 0 Å². The lowest BCUT2D eigenvalue weighted by molar-refractivity contribution is -0.167. The van der Waals surface area contributed by atoms with E-state index in [0.717, 1.165) is 69.6 Å². The highest BCUT2D eigenvalue weighted by Gasteiger charge is 2.19.